The summed E-state index contributed by atoms with van der Waals surface area (Å²) in [4.78, 5) is 20.8. The molecule has 100 valence electrons. The molecule has 1 saturated heterocycles. The van der Waals surface area contributed by atoms with Gasteiger partial charge in [0.15, 0.2) is 0 Å². The van der Waals surface area contributed by atoms with E-state index in [9.17, 15) is 4.79 Å². The molecule has 1 aliphatic heterocycles. The molecule has 1 aliphatic rings. The zero-order valence-electron chi connectivity index (χ0n) is 10.2. The van der Waals surface area contributed by atoms with Crippen LogP contribution >= 0.6 is 31.9 Å². The first-order chi connectivity index (χ1) is 9.02. The molecule has 0 aliphatic carbocycles. The number of nitrogens with zero attached hydrogens (tertiary/aromatic N) is 5. The van der Waals surface area contributed by atoms with Gasteiger partial charge in [0.05, 0.1) is 10.2 Å². The molecule has 0 radical (unpaired) electrons. The van der Waals surface area contributed by atoms with Gasteiger partial charge in [0, 0.05) is 28.9 Å². The first-order valence-corrected chi connectivity index (χ1v) is 7.25. The third kappa shape index (κ3) is 3.08. The number of hydrogen-bond acceptors (Lipinski definition) is 3. The van der Waals surface area contributed by atoms with E-state index < -0.39 is 0 Å². The van der Waals surface area contributed by atoms with Crippen molar-refractivity contribution in [3.8, 4) is 0 Å². The van der Waals surface area contributed by atoms with Crippen LogP contribution in [0.25, 0.3) is 10.4 Å². The van der Waals surface area contributed by atoms with E-state index in [0.717, 1.165) is 14.6 Å². The van der Waals surface area contributed by atoms with Gasteiger partial charge in [-0.2, -0.15) is 0 Å². The molecule has 0 saturated carbocycles. The van der Waals surface area contributed by atoms with Crippen LogP contribution in [0.1, 0.15) is 12.1 Å². The maximum absolute atomic E-state index is 12.0. The van der Waals surface area contributed by atoms with Crippen molar-refractivity contribution in [2.45, 2.75) is 13.3 Å². The molecule has 0 aromatic carbocycles. The Morgan fingerprint density at radius 3 is 3.00 bits per heavy atom. The lowest BCUT2D eigenvalue weighted by atomic mass is 10.1. The van der Waals surface area contributed by atoms with Gasteiger partial charge in [-0.15, -0.1) is 0 Å². The number of pyridine rings is 1. The number of rotatable bonds is 3. The summed E-state index contributed by atoms with van der Waals surface area (Å²) < 4.78 is 1.66. The molecule has 6 nitrogen and oxygen atoms in total. The van der Waals surface area contributed by atoms with Crippen LogP contribution in [-0.4, -0.2) is 24.0 Å². The Hall–Kier alpha value is -1.11. The standard InChI is InChI=1S/C11H11Br2N5O/c1-6-8(12)3-9(13)11(16-6)18-5-7(2-10(18)19)4-15-17-14/h3,7H,2,4-5H2,1H3. The van der Waals surface area contributed by atoms with Crippen LogP contribution in [0.5, 0.6) is 0 Å². The van der Waals surface area contributed by atoms with E-state index >= 15 is 0 Å². The molecule has 2 rings (SSSR count). The average molecular weight is 389 g/mol. The van der Waals surface area contributed by atoms with Crippen LogP contribution < -0.4 is 4.90 Å². The molecule has 0 N–H and O–H groups in total. The zero-order chi connectivity index (χ0) is 14.0. The van der Waals surface area contributed by atoms with Gasteiger partial charge in [-0.25, -0.2) is 4.98 Å². The van der Waals surface area contributed by atoms with E-state index in [0.29, 0.717) is 25.3 Å². The number of carbonyl (C=O) groups excluding carboxylic acids is 1. The molecule has 1 aromatic heterocycles. The molecule has 8 heteroatoms. The van der Waals surface area contributed by atoms with Crippen molar-refractivity contribution in [1.82, 2.24) is 4.98 Å². The second-order valence-electron chi connectivity index (χ2n) is 4.35. The highest BCUT2D eigenvalue weighted by Crippen LogP contribution is 2.32. The monoisotopic (exact) mass is 387 g/mol. The van der Waals surface area contributed by atoms with Crippen LogP contribution in [0.2, 0.25) is 0 Å². The molecule has 19 heavy (non-hydrogen) atoms. The fourth-order valence-corrected chi connectivity index (χ4v) is 3.15. The van der Waals surface area contributed by atoms with Crippen molar-refractivity contribution in [2.75, 3.05) is 18.0 Å². The number of carbonyl (C=O) groups is 1. The Morgan fingerprint density at radius 2 is 2.32 bits per heavy atom. The molecule has 1 atom stereocenters. The van der Waals surface area contributed by atoms with Gasteiger partial charge in [0.1, 0.15) is 5.82 Å². The SMILES string of the molecule is Cc1nc(N2CC(CN=[N+]=[N-])CC2=O)c(Br)cc1Br. The Labute approximate surface area is 127 Å². The molecule has 1 unspecified atom stereocenters. The minimum atomic E-state index is 0.00747. The fraction of sp³-hybridized carbons (Fsp3) is 0.455. The van der Waals surface area contributed by atoms with Gasteiger partial charge in [-0.05, 0) is 56.3 Å². The molecule has 1 fully saturated rings. The normalized spacial score (nSPS) is 18.6. The van der Waals surface area contributed by atoms with Crippen molar-refractivity contribution >= 4 is 43.6 Å². The summed E-state index contributed by atoms with van der Waals surface area (Å²) in [5.74, 6) is 0.684. The number of aromatic nitrogens is 1. The number of anilines is 1. The minimum Gasteiger partial charge on any atom is -0.296 e. The molecule has 1 aromatic rings. The van der Waals surface area contributed by atoms with Crippen LogP contribution in [0.4, 0.5) is 5.82 Å². The van der Waals surface area contributed by atoms with Crippen molar-refractivity contribution in [3.63, 3.8) is 0 Å². The zero-order valence-corrected chi connectivity index (χ0v) is 13.3. The smallest absolute Gasteiger partial charge is 0.228 e. The van der Waals surface area contributed by atoms with Gasteiger partial charge in [0.25, 0.3) is 0 Å². The first kappa shape index (κ1) is 14.3. The van der Waals surface area contributed by atoms with Crippen molar-refractivity contribution in [1.29, 1.82) is 0 Å². The Kier molecular flexibility index (Phi) is 4.44. The van der Waals surface area contributed by atoms with Gasteiger partial charge in [-0.1, -0.05) is 5.11 Å². The van der Waals surface area contributed by atoms with E-state index in [1.54, 1.807) is 4.90 Å². The van der Waals surface area contributed by atoms with E-state index in [1.807, 2.05) is 13.0 Å². The lowest BCUT2D eigenvalue weighted by Gasteiger charge is -2.18. The number of aryl methyl sites for hydroxylation is 1. The van der Waals surface area contributed by atoms with Crippen LogP contribution in [0.3, 0.4) is 0 Å². The van der Waals surface area contributed by atoms with Crippen molar-refractivity contribution in [2.24, 2.45) is 11.0 Å². The molecular formula is C11H11Br2N5O. The lowest BCUT2D eigenvalue weighted by molar-refractivity contribution is -0.117. The first-order valence-electron chi connectivity index (χ1n) is 5.66. The number of azide groups is 1. The minimum absolute atomic E-state index is 0.00747. The van der Waals surface area contributed by atoms with Gasteiger partial charge < -0.3 is 0 Å². The Balaban J connectivity index is 2.25. The number of halogens is 2. The summed E-state index contributed by atoms with van der Waals surface area (Å²) in [7, 11) is 0. The predicted octanol–water partition coefficient (Wildman–Crippen LogP) is 3.58. The largest absolute Gasteiger partial charge is 0.296 e. The molecule has 0 spiro atoms. The summed E-state index contributed by atoms with van der Waals surface area (Å²) in [5, 5.41) is 3.53. The number of amides is 1. The highest BCUT2D eigenvalue weighted by atomic mass is 79.9. The predicted molar refractivity (Wildman–Crippen MR) is 78.8 cm³/mol. The van der Waals surface area contributed by atoms with Crippen molar-refractivity contribution < 1.29 is 4.79 Å². The summed E-state index contributed by atoms with van der Waals surface area (Å²) in [5.41, 5.74) is 9.14. The van der Waals surface area contributed by atoms with Crippen molar-refractivity contribution in [3.05, 3.63) is 31.1 Å². The Morgan fingerprint density at radius 1 is 1.58 bits per heavy atom. The van der Waals surface area contributed by atoms with Gasteiger partial charge in [-0.3, -0.25) is 9.69 Å². The van der Waals surface area contributed by atoms with E-state index in [-0.39, 0.29) is 11.8 Å². The topological polar surface area (TPSA) is 82.0 Å². The van der Waals surface area contributed by atoms with Crippen LogP contribution in [0.15, 0.2) is 20.1 Å². The molecular weight excluding hydrogens is 378 g/mol. The van der Waals surface area contributed by atoms with E-state index in [2.05, 4.69) is 46.9 Å². The van der Waals surface area contributed by atoms with E-state index in [1.165, 1.54) is 0 Å². The maximum atomic E-state index is 12.0. The summed E-state index contributed by atoms with van der Waals surface area (Å²) in [6.07, 6.45) is 0.391. The summed E-state index contributed by atoms with van der Waals surface area (Å²) in [6.45, 7) is 2.74. The van der Waals surface area contributed by atoms with Crippen LogP contribution in [-0.2, 0) is 4.79 Å². The summed E-state index contributed by atoms with van der Waals surface area (Å²) >= 11 is 6.82. The highest BCUT2D eigenvalue weighted by molar-refractivity contribution is 9.11. The lowest BCUT2D eigenvalue weighted by Crippen LogP contribution is -2.26. The Bertz CT molecular complexity index is 570. The fourth-order valence-electron chi connectivity index (χ4n) is 2.00. The summed E-state index contributed by atoms with van der Waals surface area (Å²) in [6, 6.07) is 1.88. The quantitative estimate of drug-likeness (QED) is 0.450. The van der Waals surface area contributed by atoms with Gasteiger partial charge >= 0.3 is 0 Å². The average Bonchev–Trinajstić information content (AvgIpc) is 2.72. The van der Waals surface area contributed by atoms with Gasteiger partial charge in [0.2, 0.25) is 5.91 Å². The second-order valence-corrected chi connectivity index (χ2v) is 6.06. The third-order valence-corrected chi connectivity index (χ3v) is 4.34. The number of hydrogen-bond donors (Lipinski definition) is 0. The maximum Gasteiger partial charge on any atom is 0.228 e. The second kappa shape index (κ2) is 5.90. The highest BCUT2D eigenvalue weighted by Gasteiger charge is 2.32. The molecule has 2 heterocycles. The molecule has 0 bridgehead atoms. The van der Waals surface area contributed by atoms with E-state index in [4.69, 9.17) is 5.53 Å². The molecule has 1 amide bonds. The third-order valence-electron chi connectivity index (χ3n) is 2.95. The van der Waals surface area contributed by atoms with Crippen LogP contribution in [0, 0.1) is 12.8 Å².